The molecule has 28 heavy (non-hydrogen) atoms. The summed E-state index contributed by atoms with van der Waals surface area (Å²) in [5.41, 5.74) is 3.05. The molecule has 0 bridgehead atoms. The summed E-state index contributed by atoms with van der Waals surface area (Å²) < 4.78 is 5.26. The van der Waals surface area contributed by atoms with Crippen molar-refractivity contribution in [1.82, 2.24) is 4.90 Å². The second kappa shape index (κ2) is 9.19. The zero-order valence-electron chi connectivity index (χ0n) is 15.8. The van der Waals surface area contributed by atoms with E-state index in [1.54, 1.807) is 41.5 Å². The molecule has 1 amide bonds. The molecule has 0 unspecified atom stereocenters. The molecule has 0 atom stereocenters. The number of benzene rings is 2. The second-order valence-electron chi connectivity index (χ2n) is 6.44. The number of aryl methyl sites for hydroxylation is 1. The van der Waals surface area contributed by atoms with Gasteiger partial charge in [-0.25, -0.2) is 4.79 Å². The molecule has 2 aromatic carbocycles. The average molecular weight is 394 g/mol. The number of hydrogen-bond acceptors (Lipinski definition) is 5. The fraction of sp³-hybridized carbons (Fsp3) is 0.182. The van der Waals surface area contributed by atoms with Crippen LogP contribution >= 0.6 is 11.3 Å². The molecule has 0 fully saturated rings. The molecule has 6 heteroatoms. The van der Waals surface area contributed by atoms with E-state index in [-0.39, 0.29) is 12.5 Å². The van der Waals surface area contributed by atoms with Crippen molar-refractivity contribution < 1.29 is 14.3 Å². The number of ether oxygens (including phenoxy) is 1. The highest BCUT2D eigenvalue weighted by Crippen LogP contribution is 2.22. The molecule has 1 aromatic heterocycles. The second-order valence-corrected chi connectivity index (χ2v) is 7.47. The molecule has 0 aliphatic carbocycles. The zero-order chi connectivity index (χ0) is 19.9. The van der Waals surface area contributed by atoms with Crippen LogP contribution in [0.3, 0.4) is 0 Å². The maximum absolute atomic E-state index is 12.5. The third-order valence-corrected chi connectivity index (χ3v) is 5.06. The van der Waals surface area contributed by atoms with E-state index in [9.17, 15) is 9.59 Å². The maximum atomic E-state index is 12.5. The SMILES string of the molecule is Cc1ccc(Nc2ccccc2C(=O)OCC(=O)N(C)Cc2cccs2)cc1. The topological polar surface area (TPSA) is 58.6 Å². The van der Waals surface area contributed by atoms with Gasteiger partial charge in [-0.15, -0.1) is 11.3 Å². The molecule has 0 aliphatic heterocycles. The molecule has 0 aliphatic rings. The Labute approximate surface area is 168 Å². The van der Waals surface area contributed by atoms with Crippen molar-refractivity contribution in [3.8, 4) is 0 Å². The number of nitrogens with zero attached hydrogens (tertiary/aromatic N) is 1. The predicted molar refractivity (Wildman–Crippen MR) is 112 cm³/mol. The summed E-state index contributed by atoms with van der Waals surface area (Å²) in [7, 11) is 1.70. The molecule has 0 spiro atoms. The summed E-state index contributed by atoms with van der Waals surface area (Å²) in [5, 5.41) is 5.19. The lowest BCUT2D eigenvalue weighted by atomic mass is 10.1. The van der Waals surface area contributed by atoms with E-state index in [0.717, 1.165) is 16.1 Å². The van der Waals surface area contributed by atoms with Crippen molar-refractivity contribution in [3.05, 3.63) is 82.0 Å². The summed E-state index contributed by atoms with van der Waals surface area (Å²) in [6, 6.07) is 18.9. The van der Waals surface area contributed by atoms with Crippen molar-refractivity contribution in [2.24, 2.45) is 0 Å². The van der Waals surface area contributed by atoms with E-state index >= 15 is 0 Å². The number of thiophene rings is 1. The smallest absolute Gasteiger partial charge is 0.340 e. The molecule has 5 nitrogen and oxygen atoms in total. The molecule has 0 radical (unpaired) electrons. The summed E-state index contributed by atoms with van der Waals surface area (Å²) in [5.74, 6) is -0.779. The van der Waals surface area contributed by atoms with Crippen molar-refractivity contribution in [3.63, 3.8) is 0 Å². The first-order valence-corrected chi connectivity index (χ1v) is 9.77. The Balaban J connectivity index is 1.61. The summed E-state index contributed by atoms with van der Waals surface area (Å²) in [6.07, 6.45) is 0. The number of amides is 1. The van der Waals surface area contributed by atoms with Gasteiger partial charge in [-0.1, -0.05) is 35.9 Å². The van der Waals surface area contributed by atoms with Crippen LogP contribution in [0.4, 0.5) is 11.4 Å². The molecule has 3 aromatic rings. The van der Waals surface area contributed by atoms with Gasteiger partial charge >= 0.3 is 5.97 Å². The number of likely N-dealkylation sites (N-methyl/N-ethyl adjacent to an activating group) is 1. The van der Waals surface area contributed by atoms with Crippen LogP contribution in [0.15, 0.2) is 66.0 Å². The first kappa shape index (κ1) is 19.6. The molecular formula is C22H22N2O3S. The minimum absolute atomic E-state index is 0.245. The van der Waals surface area contributed by atoms with Crippen LogP contribution in [-0.4, -0.2) is 30.4 Å². The number of anilines is 2. The molecule has 3 rings (SSSR count). The van der Waals surface area contributed by atoms with Crippen LogP contribution < -0.4 is 5.32 Å². The van der Waals surface area contributed by atoms with Crippen LogP contribution in [0.25, 0.3) is 0 Å². The number of rotatable bonds is 7. The quantitative estimate of drug-likeness (QED) is 0.594. The van der Waals surface area contributed by atoms with Crippen LogP contribution in [-0.2, 0) is 16.1 Å². The van der Waals surface area contributed by atoms with Crippen LogP contribution in [0.2, 0.25) is 0 Å². The van der Waals surface area contributed by atoms with Gasteiger partial charge in [0.05, 0.1) is 17.8 Å². The zero-order valence-corrected chi connectivity index (χ0v) is 16.7. The first-order chi connectivity index (χ1) is 13.5. The third kappa shape index (κ3) is 5.20. The Kier molecular flexibility index (Phi) is 6.45. The Morgan fingerprint density at radius 3 is 2.50 bits per heavy atom. The van der Waals surface area contributed by atoms with E-state index in [1.165, 1.54) is 0 Å². The predicted octanol–water partition coefficient (Wildman–Crippen LogP) is 4.62. The van der Waals surface area contributed by atoms with Gasteiger partial charge in [0.25, 0.3) is 5.91 Å². The highest BCUT2D eigenvalue weighted by Gasteiger charge is 2.16. The fourth-order valence-corrected chi connectivity index (χ4v) is 3.36. The summed E-state index contributed by atoms with van der Waals surface area (Å²) in [6.45, 7) is 2.22. The van der Waals surface area contributed by atoms with Crippen LogP contribution in [0, 0.1) is 6.92 Å². The highest BCUT2D eigenvalue weighted by molar-refractivity contribution is 7.09. The van der Waals surface area contributed by atoms with Gasteiger partial charge in [-0.05, 0) is 42.6 Å². The molecule has 1 N–H and O–H groups in total. The average Bonchev–Trinajstić information content (AvgIpc) is 3.21. The Morgan fingerprint density at radius 1 is 1.04 bits per heavy atom. The van der Waals surface area contributed by atoms with Crippen LogP contribution in [0.5, 0.6) is 0 Å². The number of esters is 1. The lowest BCUT2D eigenvalue weighted by molar-refractivity contribution is -0.133. The van der Waals surface area contributed by atoms with E-state index in [0.29, 0.717) is 17.8 Å². The third-order valence-electron chi connectivity index (χ3n) is 4.20. The largest absolute Gasteiger partial charge is 0.452 e. The fourth-order valence-electron chi connectivity index (χ4n) is 2.60. The molecule has 1 heterocycles. The van der Waals surface area contributed by atoms with Crippen LogP contribution in [0.1, 0.15) is 20.8 Å². The highest BCUT2D eigenvalue weighted by atomic mass is 32.1. The molecule has 0 saturated heterocycles. The summed E-state index contributed by atoms with van der Waals surface area (Å²) in [4.78, 5) is 27.4. The monoisotopic (exact) mass is 394 g/mol. The van der Waals surface area contributed by atoms with Gasteiger partial charge in [0.15, 0.2) is 6.61 Å². The van der Waals surface area contributed by atoms with Crippen molar-refractivity contribution in [2.75, 3.05) is 19.0 Å². The minimum atomic E-state index is -0.534. The van der Waals surface area contributed by atoms with E-state index in [4.69, 9.17) is 4.74 Å². The Bertz CT molecular complexity index is 937. The van der Waals surface area contributed by atoms with Crippen molar-refractivity contribution >= 4 is 34.6 Å². The van der Waals surface area contributed by atoms with Gasteiger partial charge in [0, 0.05) is 17.6 Å². The van der Waals surface area contributed by atoms with E-state index in [1.807, 2.05) is 54.8 Å². The number of nitrogens with one attached hydrogen (secondary N) is 1. The number of carbonyl (C=O) groups is 2. The first-order valence-electron chi connectivity index (χ1n) is 8.89. The van der Waals surface area contributed by atoms with E-state index < -0.39 is 5.97 Å². The maximum Gasteiger partial charge on any atom is 0.340 e. The number of para-hydroxylation sites is 1. The lowest BCUT2D eigenvalue weighted by Crippen LogP contribution is -2.30. The minimum Gasteiger partial charge on any atom is -0.452 e. The molecular weight excluding hydrogens is 372 g/mol. The lowest BCUT2D eigenvalue weighted by Gasteiger charge is -2.17. The van der Waals surface area contributed by atoms with Crippen molar-refractivity contribution in [2.45, 2.75) is 13.5 Å². The Hall–Kier alpha value is -3.12. The van der Waals surface area contributed by atoms with Gasteiger partial charge in [-0.3, -0.25) is 4.79 Å². The van der Waals surface area contributed by atoms with Gasteiger partial charge in [-0.2, -0.15) is 0 Å². The number of hydrogen-bond donors (Lipinski definition) is 1. The standard InChI is InChI=1S/C22H22N2O3S/c1-16-9-11-17(12-10-16)23-20-8-4-3-7-19(20)22(26)27-15-21(25)24(2)14-18-6-5-13-28-18/h3-13,23H,14-15H2,1-2H3. The normalized spacial score (nSPS) is 10.4. The van der Waals surface area contributed by atoms with Gasteiger partial charge < -0.3 is 15.0 Å². The molecule has 144 valence electrons. The Morgan fingerprint density at radius 2 is 1.79 bits per heavy atom. The van der Waals surface area contributed by atoms with Gasteiger partial charge in [0.2, 0.25) is 0 Å². The van der Waals surface area contributed by atoms with Crippen molar-refractivity contribution in [1.29, 1.82) is 0 Å². The molecule has 0 saturated carbocycles. The number of carbonyl (C=O) groups excluding carboxylic acids is 2. The van der Waals surface area contributed by atoms with E-state index in [2.05, 4.69) is 5.32 Å². The summed E-state index contributed by atoms with van der Waals surface area (Å²) >= 11 is 1.58. The van der Waals surface area contributed by atoms with Gasteiger partial charge in [0.1, 0.15) is 0 Å².